The minimum absolute atomic E-state index is 0.331. The summed E-state index contributed by atoms with van der Waals surface area (Å²) in [6.45, 7) is 2.12. The van der Waals surface area contributed by atoms with Gasteiger partial charge in [0.15, 0.2) is 0 Å². The first kappa shape index (κ1) is 13.0. The second kappa shape index (κ2) is 5.48. The van der Waals surface area contributed by atoms with Crippen LogP contribution in [0.2, 0.25) is 5.02 Å². The largest absolute Gasteiger partial charge is 0.312 e. The van der Waals surface area contributed by atoms with Gasteiger partial charge in [-0.25, -0.2) is 4.98 Å². The van der Waals surface area contributed by atoms with Gasteiger partial charge in [-0.3, -0.25) is 0 Å². The van der Waals surface area contributed by atoms with Gasteiger partial charge in [-0.2, -0.15) is 0 Å². The third-order valence-electron chi connectivity index (χ3n) is 2.55. The lowest BCUT2D eigenvalue weighted by Crippen LogP contribution is -2.10. The highest BCUT2D eigenvalue weighted by Gasteiger charge is 2.10. The number of rotatable bonds is 3. The van der Waals surface area contributed by atoms with Crippen LogP contribution in [0.1, 0.15) is 17.8 Å². The number of nitrogens with zero attached hydrogens (tertiary/aromatic N) is 1. The van der Waals surface area contributed by atoms with Crippen LogP contribution in [-0.4, -0.2) is 12.0 Å². The maximum Gasteiger partial charge on any atom is 0.123 e. The molecule has 0 saturated carbocycles. The fraction of sp³-hybridized carbons (Fsp3) is 0.250. The number of hydrogen-bond donors (Lipinski definition) is 1. The van der Waals surface area contributed by atoms with Crippen molar-refractivity contribution in [2.45, 2.75) is 13.0 Å². The van der Waals surface area contributed by atoms with Gasteiger partial charge in [0.2, 0.25) is 0 Å². The third-order valence-corrected chi connectivity index (χ3v) is 4.99. The molecule has 17 heavy (non-hydrogen) atoms. The van der Waals surface area contributed by atoms with Gasteiger partial charge in [-0.15, -0.1) is 11.3 Å². The molecular weight excluding hydrogens is 320 g/mol. The molecule has 5 heteroatoms. The topological polar surface area (TPSA) is 24.9 Å². The molecule has 1 aromatic heterocycles. The molecular formula is C12H12BrClN2S. The second-order valence-corrected chi connectivity index (χ2v) is 6.03. The lowest BCUT2D eigenvalue weighted by atomic mass is 10.2. The van der Waals surface area contributed by atoms with Gasteiger partial charge in [-0.1, -0.05) is 17.7 Å². The molecule has 1 heterocycles. The first-order chi connectivity index (χ1) is 8.11. The molecule has 0 fully saturated rings. The number of hydrogen-bond acceptors (Lipinski definition) is 3. The zero-order valence-electron chi connectivity index (χ0n) is 9.50. The summed E-state index contributed by atoms with van der Waals surface area (Å²) in [7, 11) is 1.95. The number of aromatic nitrogens is 1. The molecule has 0 amide bonds. The predicted molar refractivity (Wildman–Crippen MR) is 77.7 cm³/mol. The Morgan fingerprint density at radius 3 is 2.88 bits per heavy atom. The van der Waals surface area contributed by atoms with Crippen molar-refractivity contribution in [2.75, 3.05) is 7.05 Å². The van der Waals surface area contributed by atoms with E-state index in [9.17, 15) is 0 Å². The normalized spacial score (nSPS) is 12.7. The van der Waals surface area contributed by atoms with Crippen LogP contribution in [0.3, 0.4) is 0 Å². The van der Waals surface area contributed by atoms with E-state index >= 15 is 0 Å². The van der Waals surface area contributed by atoms with Gasteiger partial charge in [0.1, 0.15) is 5.01 Å². The monoisotopic (exact) mass is 330 g/mol. The van der Waals surface area contributed by atoms with E-state index in [2.05, 4.69) is 33.2 Å². The standard InChI is InChI=1S/C12H12BrClN2S/c1-7(15-2)11-6-16-12(17-11)8-3-4-10(14)9(13)5-8/h3-7,15H,1-2H3. The van der Waals surface area contributed by atoms with Crippen molar-refractivity contribution >= 4 is 38.9 Å². The van der Waals surface area contributed by atoms with Crippen molar-refractivity contribution in [1.29, 1.82) is 0 Å². The Balaban J connectivity index is 2.33. The molecule has 0 aliphatic rings. The molecule has 1 atom stereocenters. The van der Waals surface area contributed by atoms with Gasteiger partial charge in [-0.05, 0) is 42.0 Å². The Kier molecular flexibility index (Phi) is 4.20. The van der Waals surface area contributed by atoms with Gasteiger partial charge in [0.25, 0.3) is 0 Å². The Labute approximate surface area is 118 Å². The molecule has 0 saturated heterocycles. The van der Waals surface area contributed by atoms with E-state index in [0.717, 1.165) is 15.0 Å². The van der Waals surface area contributed by atoms with Crippen LogP contribution < -0.4 is 5.32 Å². The summed E-state index contributed by atoms with van der Waals surface area (Å²) < 4.78 is 0.898. The van der Waals surface area contributed by atoms with Crippen LogP contribution in [0.5, 0.6) is 0 Å². The number of nitrogens with one attached hydrogen (secondary N) is 1. The average molecular weight is 332 g/mol. The molecule has 1 aromatic carbocycles. The highest BCUT2D eigenvalue weighted by atomic mass is 79.9. The summed E-state index contributed by atoms with van der Waals surface area (Å²) >= 11 is 11.1. The molecule has 2 nitrogen and oxygen atoms in total. The summed E-state index contributed by atoms with van der Waals surface area (Å²) in [4.78, 5) is 5.67. The zero-order valence-corrected chi connectivity index (χ0v) is 12.7. The van der Waals surface area contributed by atoms with Gasteiger partial charge in [0.05, 0.1) is 5.02 Å². The maximum absolute atomic E-state index is 5.97. The van der Waals surface area contributed by atoms with Crippen molar-refractivity contribution < 1.29 is 0 Å². The van der Waals surface area contributed by atoms with Crippen molar-refractivity contribution in [1.82, 2.24) is 10.3 Å². The van der Waals surface area contributed by atoms with E-state index in [-0.39, 0.29) is 0 Å². The van der Waals surface area contributed by atoms with Crippen LogP contribution in [0, 0.1) is 0 Å². The molecule has 0 radical (unpaired) electrons. The molecule has 0 spiro atoms. The first-order valence-corrected chi connectivity index (χ1v) is 7.19. The van der Waals surface area contributed by atoms with E-state index in [1.807, 2.05) is 31.4 Å². The Morgan fingerprint density at radius 1 is 1.47 bits per heavy atom. The summed E-state index contributed by atoms with van der Waals surface area (Å²) in [5, 5.41) is 4.94. The van der Waals surface area contributed by atoms with Crippen LogP contribution in [0.25, 0.3) is 10.6 Å². The molecule has 2 aromatic rings. The molecule has 0 bridgehead atoms. The highest BCUT2D eigenvalue weighted by molar-refractivity contribution is 9.10. The summed E-state index contributed by atoms with van der Waals surface area (Å²) in [6.07, 6.45) is 1.92. The van der Waals surface area contributed by atoms with E-state index in [0.29, 0.717) is 11.1 Å². The van der Waals surface area contributed by atoms with E-state index in [1.54, 1.807) is 11.3 Å². The lowest BCUT2D eigenvalue weighted by Gasteiger charge is -2.05. The van der Waals surface area contributed by atoms with Crippen molar-refractivity contribution in [3.63, 3.8) is 0 Å². The van der Waals surface area contributed by atoms with E-state index < -0.39 is 0 Å². The van der Waals surface area contributed by atoms with Crippen LogP contribution in [0.15, 0.2) is 28.9 Å². The SMILES string of the molecule is CNC(C)c1cnc(-c2ccc(Cl)c(Br)c2)s1. The summed E-state index contributed by atoms with van der Waals surface area (Å²) in [6, 6.07) is 6.19. The van der Waals surface area contributed by atoms with Gasteiger partial charge in [0, 0.05) is 27.2 Å². The zero-order chi connectivity index (χ0) is 12.4. The van der Waals surface area contributed by atoms with Crippen molar-refractivity contribution in [2.24, 2.45) is 0 Å². The molecule has 1 unspecified atom stereocenters. The number of halogens is 2. The lowest BCUT2D eigenvalue weighted by molar-refractivity contribution is 0.662. The number of benzene rings is 1. The summed E-state index contributed by atoms with van der Waals surface area (Å²) in [5.74, 6) is 0. The molecule has 90 valence electrons. The fourth-order valence-electron chi connectivity index (χ4n) is 1.39. The Bertz CT molecular complexity index is 527. The highest BCUT2D eigenvalue weighted by Crippen LogP contribution is 2.32. The van der Waals surface area contributed by atoms with Crippen molar-refractivity contribution in [3.05, 3.63) is 38.8 Å². The van der Waals surface area contributed by atoms with E-state index in [4.69, 9.17) is 11.6 Å². The average Bonchev–Trinajstić information content (AvgIpc) is 2.81. The minimum atomic E-state index is 0.331. The molecule has 1 N–H and O–H groups in total. The Hall–Kier alpha value is -0.420. The summed E-state index contributed by atoms with van der Waals surface area (Å²) in [5.41, 5.74) is 1.08. The fourth-order valence-corrected chi connectivity index (χ4v) is 2.86. The van der Waals surface area contributed by atoms with Crippen molar-refractivity contribution in [3.8, 4) is 10.6 Å². The van der Waals surface area contributed by atoms with Crippen LogP contribution in [-0.2, 0) is 0 Å². The van der Waals surface area contributed by atoms with Gasteiger partial charge >= 0.3 is 0 Å². The second-order valence-electron chi connectivity index (χ2n) is 3.71. The predicted octanol–water partition coefficient (Wildman–Crippen LogP) is 4.51. The van der Waals surface area contributed by atoms with Crippen LogP contribution >= 0.6 is 38.9 Å². The first-order valence-electron chi connectivity index (χ1n) is 5.20. The van der Waals surface area contributed by atoms with Gasteiger partial charge < -0.3 is 5.32 Å². The molecule has 0 aliphatic carbocycles. The molecule has 2 rings (SSSR count). The molecule has 0 aliphatic heterocycles. The van der Waals surface area contributed by atoms with Crippen LogP contribution in [0.4, 0.5) is 0 Å². The quantitative estimate of drug-likeness (QED) is 0.895. The smallest absolute Gasteiger partial charge is 0.123 e. The number of thiazole rings is 1. The minimum Gasteiger partial charge on any atom is -0.312 e. The van der Waals surface area contributed by atoms with E-state index in [1.165, 1.54) is 4.88 Å². The Morgan fingerprint density at radius 2 is 2.24 bits per heavy atom. The maximum atomic E-state index is 5.97. The third kappa shape index (κ3) is 2.88.